The monoisotopic (exact) mass is 393 g/mol. The molecule has 1 aromatic rings. The van der Waals surface area contributed by atoms with Crippen molar-refractivity contribution < 1.29 is 8.42 Å². The summed E-state index contributed by atoms with van der Waals surface area (Å²) in [6.07, 6.45) is 0.743. The van der Waals surface area contributed by atoms with Crippen molar-refractivity contribution in [3.05, 3.63) is 14.7 Å². The Morgan fingerprint density at radius 2 is 2.06 bits per heavy atom. The van der Waals surface area contributed by atoms with E-state index in [-0.39, 0.29) is 15.3 Å². The van der Waals surface area contributed by atoms with Crippen LogP contribution in [-0.2, 0) is 10.0 Å². The van der Waals surface area contributed by atoms with Gasteiger partial charge in [-0.25, -0.2) is 8.42 Å². The summed E-state index contributed by atoms with van der Waals surface area (Å²) in [5.74, 6) is 0. The van der Waals surface area contributed by atoms with E-state index in [4.69, 9.17) is 23.2 Å². The molecule has 0 saturated heterocycles. The molecule has 0 amide bonds. The van der Waals surface area contributed by atoms with Crippen LogP contribution in [0.25, 0.3) is 0 Å². The van der Waals surface area contributed by atoms with E-state index in [0.29, 0.717) is 10.9 Å². The first kappa shape index (κ1) is 16.7. The smallest absolute Gasteiger partial charge is 0.207 e. The van der Waals surface area contributed by atoms with E-state index in [0.717, 1.165) is 23.1 Å². The van der Waals surface area contributed by atoms with Crippen molar-refractivity contribution in [3.8, 4) is 0 Å². The largest absolute Gasteiger partial charge is 0.245 e. The molecule has 18 heavy (non-hydrogen) atoms. The van der Waals surface area contributed by atoms with Gasteiger partial charge in [0.2, 0.25) is 10.0 Å². The second kappa shape index (κ2) is 6.90. The summed E-state index contributed by atoms with van der Waals surface area (Å²) in [5, 5.41) is 0.754. The highest BCUT2D eigenvalue weighted by Gasteiger charge is 2.30. The Labute approximate surface area is 130 Å². The molecule has 8 heteroatoms. The lowest BCUT2D eigenvalue weighted by Gasteiger charge is -2.25. The van der Waals surface area contributed by atoms with Crippen LogP contribution in [0.15, 0.2) is 11.0 Å². The minimum atomic E-state index is -3.58. The summed E-state index contributed by atoms with van der Waals surface area (Å²) in [4.78, 5) is 0.0995. The van der Waals surface area contributed by atoms with E-state index in [1.54, 1.807) is 0 Å². The highest BCUT2D eigenvalue weighted by molar-refractivity contribution is 9.09. The van der Waals surface area contributed by atoms with Gasteiger partial charge >= 0.3 is 0 Å². The second-order valence-electron chi connectivity index (χ2n) is 3.94. The molecular formula is C10H14BrCl2NO2S2. The van der Waals surface area contributed by atoms with Crippen LogP contribution in [0.3, 0.4) is 0 Å². The molecule has 0 aliphatic rings. The van der Waals surface area contributed by atoms with Crippen molar-refractivity contribution in [3.63, 3.8) is 0 Å². The van der Waals surface area contributed by atoms with Gasteiger partial charge in [-0.15, -0.1) is 11.3 Å². The Morgan fingerprint density at radius 1 is 1.44 bits per heavy atom. The average Bonchev–Trinajstić information content (AvgIpc) is 2.58. The fourth-order valence-electron chi connectivity index (χ4n) is 1.50. The molecule has 0 aliphatic heterocycles. The van der Waals surface area contributed by atoms with Crippen LogP contribution >= 0.6 is 50.5 Å². The van der Waals surface area contributed by atoms with Gasteiger partial charge in [-0.3, -0.25) is 0 Å². The normalized spacial score (nSPS) is 12.6. The summed E-state index contributed by atoms with van der Waals surface area (Å²) >= 11 is 16.1. The molecule has 0 saturated carbocycles. The van der Waals surface area contributed by atoms with Crippen molar-refractivity contribution in [1.29, 1.82) is 0 Å². The predicted octanol–water partition coefficient (Wildman–Crippen LogP) is 4.24. The van der Waals surface area contributed by atoms with Gasteiger partial charge in [0.05, 0.1) is 4.34 Å². The molecule has 0 fully saturated rings. The summed E-state index contributed by atoms with van der Waals surface area (Å²) < 4.78 is 27.0. The third-order valence-electron chi connectivity index (χ3n) is 2.30. The van der Waals surface area contributed by atoms with Crippen LogP contribution in [0, 0.1) is 0 Å². The molecule has 3 nitrogen and oxygen atoms in total. The van der Waals surface area contributed by atoms with Crippen LogP contribution in [0.1, 0.15) is 20.3 Å². The molecule has 1 rings (SSSR count). The lowest BCUT2D eigenvalue weighted by atomic mass is 10.4. The minimum Gasteiger partial charge on any atom is -0.207 e. The Kier molecular flexibility index (Phi) is 6.41. The molecule has 0 aromatic carbocycles. The third kappa shape index (κ3) is 3.84. The summed E-state index contributed by atoms with van der Waals surface area (Å²) in [6.45, 7) is 4.14. The lowest BCUT2D eigenvalue weighted by molar-refractivity contribution is 0.355. The zero-order chi connectivity index (χ0) is 13.9. The third-order valence-corrected chi connectivity index (χ3v) is 6.69. The van der Waals surface area contributed by atoms with E-state index in [1.165, 1.54) is 10.4 Å². The van der Waals surface area contributed by atoms with Crippen molar-refractivity contribution in [1.82, 2.24) is 4.31 Å². The average molecular weight is 395 g/mol. The number of thiophene rings is 1. The minimum absolute atomic E-state index is 0.0995. The Bertz CT molecular complexity index is 502. The predicted molar refractivity (Wildman–Crippen MR) is 81.8 cm³/mol. The van der Waals surface area contributed by atoms with Crippen LogP contribution in [0.2, 0.25) is 8.67 Å². The van der Waals surface area contributed by atoms with Crippen LogP contribution in [-0.4, -0.2) is 30.6 Å². The maximum absolute atomic E-state index is 12.5. The molecule has 0 bridgehead atoms. The van der Waals surface area contributed by atoms with E-state index in [9.17, 15) is 8.42 Å². The lowest BCUT2D eigenvalue weighted by Crippen LogP contribution is -2.37. The zero-order valence-corrected chi connectivity index (χ0v) is 14.7. The number of alkyl halides is 1. The first-order valence-electron chi connectivity index (χ1n) is 5.33. The highest BCUT2D eigenvalue weighted by Crippen LogP contribution is 2.36. The number of sulfonamides is 1. The maximum Gasteiger partial charge on any atom is 0.245 e. The van der Waals surface area contributed by atoms with Gasteiger partial charge in [0.25, 0.3) is 0 Å². The molecule has 0 atom stereocenters. The Balaban J connectivity index is 3.13. The molecule has 1 heterocycles. The molecule has 0 radical (unpaired) electrons. The molecule has 104 valence electrons. The molecule has 1 aromatic heterocycles. The molecule has 0 spiro atoms. The topological polar surface area (TPSA) is 37.4 Å². The molecule has 0 aliphatic carbocycles. The van der Waals surface area contributed by atoms with Gasteiger partial charge < -0.3 is 0 Å². The summed E-state index contributed by atoms with van der Waals surface area (Å²) in [7, 11) is -3.58. The van der Waals surface area contributed by atoms with Crippen LogP contribution in [0.5, 0.6) is 0 Å². The van der Waals surface area contributed by atoms with Crippen molar-refractivity contribution >= 4 is 60.5 Å². The van der Waals surface area contributed by atoms with Crippen molar-refractivity contribution in [2.75, 3.05) is 11.9 Å². The van der Waals surface area contributed by atoms with Crippen LogP contribution < -0.4 is 0 Å². The van der Waals surface area contributed by atoms with Gasteiger partial charge in [0.1, 0.15) is 9.23 Å². The van der Waals surface area contributed by atoms with Crippen molar-refractivity contribution in [2.45, 2.75) is 31.2 Å². The quantitative estimate of drug-likeness (QED) is 0.676. The van der Waals surface area contributed by atoms with E-state index >= 15 is 0 Å². The van der Waals surface area contributed by atoms with Gasteiger partial charge in [-0.2, -0.15) is 4.31 Å². The molecule has 0 unspecified atom stereocenters. The first-order chi connectivity index (χ1) is 8.30. The van der Waals surface area contributed by atoms with Gasteiger partial charge in [-0.05, 0) is 26.3 Å². The van der Waals surface area contributed by atoms with E-state index in [2.05, 4.69) is 15.9 Å². The number of hydrogen-bond donors (Lipinski definition) is 0. The highest BCUT2D eigenvalue weighted by atomic mass is 79.9. The van der Waals surface area contributed by atoms with Crippen molar-refractivity contribution in [2.24, 2.45) is 0 Å². The molecule has 0 N–H and O–H groups in total. The van der Waals surface area contributed by atoms with Gasteiger partial charge in [0, 0.05) is 17.9 Å². The van der Waals surface area contributed by atoms with Gasteiger partial charge in [-0.1, -0.05) is 39.1 Å². The van der Waals surface area contributed by atoms with Crippen LogP contribution in [0.4, 0.5) is 0 Å². The first-order valence-corrected chi connectivity index (χ1v) is 9.46. The van der Waals surface area contributed by atoms with E-state index in [1.807, 2.05) is 13.8 Å². The van der Waals surface area contributed by atoms with Gasteiger partial charge in [0.15, 0.2) is 0 Å². The zero-order valence-electron chi connectivity index (χ0n) is 9.99. The maximum atomic E-state index is 12.5. The second-order valence-corrected chi connectivity index (χ2v) is 8.88. The number of rotatable bonds is 6. The standard InChI is InChI=1S/C10H14BrCl2NO2S2/c1-7(2)14(5-3-4-11)18(15,16)8-6-9(12)17-10(8)13/h6-7H,3-5H2,1-2H3. The summed E-state index contributed by atoms with van der Waals surface area (Å²) in [5.41, 5.74) is 0. The number of nitrogens with zero attached hydrogens (tertiary/aromatic N) is 1. The number of halogens is 3. The summed E-state index contributed by atoms with van der Waals surface area (Å²) in [6, 6.07) is 1.29. The fraction of sp³-hybridized carbons (Fsp3) is 0.600. The SMILES string of the molecule is CC(C)N(CCCBr)S(=O)(=O)c1cc(Cl)sc1Cl. The van der Waals surface area contributed by atoms with E-state index < -0.39 is 10.0 Å². The fourth-order valence-corrected chi connectivity index (χ4v) is 5.54. The Morgan fingerprint density at radius 3 is 2.44 bits per heavy atom. The number of hydrogen-bond acceptors (Lipinski definition) is 3. The Hall–Kier alpha value is 0.670. The molecular weight excluding hydrogens is 381 g/mol.